The third-order valence-corrected chi connectivity index (χ3v) is 1.09. The molecule has 0 aromatic rings. The second kappa shape index (κ2) is 4.70. The van der Waals surface area contributed by atoms with Gasteiger partial charge in [-0.15, -0.1) is 0 Å². The molecule has 0 bridgehead atoms. The molecule has 70 valence electrons. The van der Waals surface area contributed by atoms with Crippen LogP contribution in [0, 0.1) is 0 Å². The zero-order chi connectivity index (χ0) is 10.4. The Morgan fingerprint density at radius 1 is 1.15 bits per heavy atom. The summed E-state index contributed by atoms with van der Waals surface area (Å²) in [6.45, 7) is 0. The number of rotatable bonds is 4. The predicted molar refractivity (Wildman–Crippen MR) is 41.7 cm³/mol. The van der Waals surface area contributed by atoms with Crippen molar-refractivity contribution in [2.75, 3.05) is 0 Å². The lowest BCUT2D eigenvalue weighted by atomic mass is 10.2. The average Bonchev–Trinajstić information content (AvgIpc) is 2.04. The molecule has 0 amide bonds. The van der Waals surface area contributed by atoms with E-state index in [4.69, 9.17) is 15.9 Å². The van der Waals surface area contributed by atoms with Gasteiger partial charge in [0.15, 0.2) is 0 Å². The summed E-state index contributed by atoms with van der Waals surface area (Å²) in [5.41, 5.74) is 3.49. The van der Waals surface area contributed by atoms with Crippen molar-refractivity contribution in [2.45, 2.75) is 0 Å². The van der Waals surface area contributed by atoms with Crippen molar-refractivity contribution >= 4 is 18.2 Å². The first-order valence-corrected chi connectivity index (χ1v) is 3.09. The molecular weight excluding hydrogens is 178 g/mol. The van der Waals surface area contributed by atoms with Gasteiger partial charge in [0.05, 0.1) is 5.57 Å². The van der Waals surface area contributed by atoms with E-state index in [-0.39, 0.29) is 0 Å². The minimum atomic E-state index is -1.55. The van der Waals surface area contributed by atoms with Crippen LogP contribution in [0.5, 0.6) is 0 Å². The fourth-order valence-corrected chi connectivity index (χ4v) is 0.527. The molecule has 0 saturated heterocycles. The molecule has 13 heavy (non-hydrogen) atoms. The molecule has 0 aliphatic carbocycles. The van der Waals surface area contributed by atoms with E-state index in [9.17, 15) is 14.4 Å². The highest BCUT2D eigenvalue weighted by molar-refractivity contribution is 6.00. The summed E-state index contributed by atoms with van der Waals surface area (Å²) in [6.07, 6.45) is 1.98. The number of nitrogens with two attached hydrogens (primary N) is 1. The maximum atomic E-state index is 10.4. The van der Waals surface area contributed by atoms with Crippen LogP contribution in [0.3, 0.4) is 0 Å². The molecule has 0 rings (SSSR count). The van der Waals surface area contributed by atoms with Crippen molar-refractivity contribution in [1.82, 2.24) is 0 Å². The van der Waals surface area contributed by atoms with Gasteiger partial charge >= 0.3 is 11.9 Å². The Morgan fingerprint density at radius 2 is 1.69 bits per heavy atom. The Kier molecular flexibility index (Phi) is 3.94. The van der Waals surface area contributed by atoms with Crippen LogP contribution in [0.1, 0.15) is 0 Å². The van der Waals surface area contributed by atoms with Crippen molar-refractivity contribution < 1.29 is 24.6 Å². The molecule has 0 unspecified atom stereocenters. The highest BCUT2D eigenvalue weighted by atomic mass is 16.4. The highest BCUT2D eigenvalue weighted by Crippen LogP contribution is 2.01. The fourth-order valence-electron chi connectivity index (χ4n) is 0.527. The SMILES string of the molecule is NC(C(=O)O)=C(C=CC=O)C(=O)O. The monoisotopic (exact) mass is 185 g/mol. The van der Waals surface area contributed by atoms with Crippen LogP contribution >= 0.6 is 0 Å². The molecule has 0 aromatic heterocycles. The largest absolute Gasteiger partial charge is 0.478 e. The van der Waals surface area contributed by atoms with E-state index in [2.05, 4.69) is 0 Å². The van der Waals surface area contributed by atoms with E-state index in [1.807, 2.05) is 0 Å². The number of allylic oxidation sites excluding steroid dienone is 1. The molecular formula is C7H7NO5. The maximum Gasteiger partial charge on any atom is 0.352 e. The van der Waals surface area contributed by atoms with Gasteiger partial charge in [-0.05, 0) is 12.2 Å². The van der Waals surface area contributed by atoms with Crippen LogP contribution in [0.2, 0.25) is 0 Å². The van der Waals surface area contributed by atoms with Gasteiger partial charge in [-0.25, -0.2) is 9.59 Å². The van der Waals surface area contributed by atoms with Crippen LogP contribution in [0.15, 0.2) is 23.4 Å². The predicted octanol–water partition coefficient (Wildman–Crippen LogP) is -0.876. The van der Waals surface area contributed by atoms with Crippen LogP contribution in [0.4, 0.5) is 0 Å². The summed E-state index contributed by atoms with van der Waals surface area (Å²) in [5.74, 6) is -3.05. The standard InChI is InChI=1S/C7H7NO5/c8-5(7(12)13)4(6(10)11)2-1-3-9/h1-3H,8H2,(H,10,11)(H,12,13). The van der Waals surface area contributed by atoms with Crippen molar-refractivity contribution in [2.24, 2.45) is 5.73 Å². The molecule has 4 N–H and O–H groups in total. The van der Waals surface area contributed by atoms with Crippen LogP contribution in [0.25, 0.3) is 0 Å². The van der Waals surface area contributed by atoms with Crippen molar-refractivity contribution in [3.63, 3.8) is 0 Å². The summed E-state index contributed by atoms with van der Waals surface area (Å²) < 4.78 is 0. The number of carbonyl (C=O) groups is 3. The van der Waals surface area contributed by atoms with E-state index in [1.54, 1.807) is 0 Å². The summed E-state index contributed by atoms with van der Waals surface area (Å²) >= 11 is 0. The minimum absolute atomic E-state index is 0.318. The lowest BCUT2D eigenvalue weighted by molar-refractivity contribution is -0.135. The Labute approximate surface area is 73.0 Å². The summed E-state index contributed by atoms with van der Waals surface area (Å²) in [7, 11) is 0. The zero-order valence-electron chi connectivity index (χ0n) is 6.43. The molecule has 0 aliphatic heterocycles. The first-order chi connectivity index (χ1) is 6.00. The topological polar surface area (TPSA) is 118 Å². The van der Waals surface area contributed by atoms with E-state index >= 15 is 0 Å². The number of carboxylic acids is 2. The quantitative estimate of drug-likeness (QED) is 0.297. The van der Waals surface area contributed by atoms with Gasteiger partial charge in [0.2, 0.25) is 0 Å². The normalized spacial score (nSPS) is 12.3. The van der Waals surface area contributed by atoms with Gasteiger partial charge in [0.25, 0.3) is 0 Å². The van der Waals surface area contributed by atoms with Crippen molar-refractivity contribution in [3.8, 4) is 0 Å². The van der Waals surface area contributed by atoms with Crippen LogP contribution in [-0.4, -0.2) is 28.4 Å². The first kappa shape index (κ1) is 10.9. The fraction of sp³-hybridized carbons (Fsp3) is 0. The smallest absolute Gasteiger partial charge is 0.352 e. The Morgan fingerprint density at radius 3 is 2.00 bits per heavy atom. The molecule has 0 fully saturated rings. The molecule has 6 heteroatoms. The van der Waals surface area contributed by atoms with E-state index < -0.39 is 23.2 Å². The summed E-state index contributed by atoms with van der Waals surface area (Å²) in [4.78, 5) is 30.5. The van der Waals surface area contributed by atoms with Gasteiger partial charge in [0, 0.05) is 0 Å². The van der Waals surface area contributed by atoms with Crippen LogP contribution < -0.4 is 5.73 Å². The average molecular weight is 185 g/mol. The molecule has 6 nitrogen and oxygen atoms in total. The van der Waals surface area contributed by atoms with Gasteiger partial charge in [-0.3, -0.25) is 4.79 Å². The van der Waals surface area contributed by atoms with E-state index in [1.165, 1.54) is 0 Å². The highest BCUT2D eigenvalue weighted by Gasteiger charge is 2.13. The summed E-state index contributed by atoms with van der Waals surface area (Å²) in [6, 6.07) is 0. The molecule has 0 heterocycles. The second-order valence-corrected chi connectivity index (χ2v) is 1.93. The Balaban J connectivity index is 5.11. The third-order valence-electron chi connectivity index (χ3n) is 1.09. The number of hydrogen-bond acceptors (Lipinski definition) is 4. The number of carboxylic acid groups (broad SMARTS) is 2. The van der Waals surface area contributed by atoms with Crippen LogP contribution in [-0.2, 0) is 14.4 Å². The molecule has 0 atom stereocenters. The van der Waals surface area contributed by atoms with Crippen molar-refractivity contribution in [1.29, 1.82) is 0 Å². The molecule has 0 aliphatic rings. The van der Waals surface area contributed by atoms with E-state index in [0.717, 1.165) is 12.2 Å². The first-order valence-electron chi connectivity index (χ1n) is 3.09. The lowest BCUT2D eigenvalue weighted by Crippen LogP contribution is -2.16. The number of aliphatic carboxylic acids is 2. The lowest BCUT2D eigenvalue weighted by Gasteiger charge is -1.97. The Hall–Kier alpha value is -2.11. The van der Waals surface area contributed by atoms with Gasteiger partial charge in [-0.1, -0.05) is 0 Å². The second-order valence-electron chi connectivity index (χ2n) is 1.93. The zero-order valence-corrected chi connectivity index (χ0v) is 6.43. The molecule has 0 aromatic carbocycles. The van der Waals surface area contributed by atoms with Gasteiger partial charge in [0.1, 0.15) is 12.0 Å². The maximum absolute atomic E-state index is 10.4. The molecule has 0 radical (unpaired) electrons. The Bertz CT molecular complexity index is 302. The van der Waals surface area contributed by atoms with Gasteiger partial charge in [-0.2, -0.15) is 0 Å². The third kappa shape index (κ3) is 3.19. The van der Waals surface area contributed by atoms with Gasteiger partial charge < -0.3 is 15.9 Å². The van der Waals surface area contributed by atoms with E-state index in [0.29, 0.717) is 6.29 Å². The number of aldehydes is 1. The number of hydrogen-bond donors (Lipinski definition) is 3. The van der Waals surface area contributed by atoms with Crippen molar-refractivity contribution in [3.05, 3.63) is 23.4 Å². The molecule has 0 spiro atoms. The summed E-state index contributed by atoms with van der Waals surface area (Å²) in [5, 5.41) is 16.8. The molecule has 0 saturated carbocycles. The number of carbonyl (C=O) groups excluding carboxylic acids is 1. The minimum Gasteiger partial charge on any atom is -0.478 e.